The predicted octanol–water partition coefficient (Wildman–Crippen LogP) is 2.73. The topological polar surface area (TPSA) is 49.4 Å². The first-order valence-corrected chi connectivity index (χ1v) is 9.39. The first kappa shape index (κ1) is 16.2. The molecule has 2 aromatic carbocycles. The van der Waals surface area contributed by atoms with Crippen molar-refractivity contribution in [1.29, 1.82) is 0 Å². The van der Waals surface area contributed by atoms with Gasteiger partial charge in [-0.25, -0.2) is 8.42 Å². The molecule has 1 heterocycles. The largest absolute Gasteiger partial charge is 0.316 e. The van der Waals surface area contributed by atoms with E-state index in [2.05, 4.69) is 5.32 Å². The van der Waals surface area contributed by atoms with Crippen LogP contribution in [-0.4, -0.2) is 38.9 Å². The Labute approximate surface area is 138 Å². The van der Waals surface area contributed by atoms with E-state index in [9.17, 15) is 8.42 Å². The standard InChI is InChI=1S/C18H22N2O2S/c1-19-16-10-7-13-20(14-16)23(21,22)18-12-6-5-11-17(18)15-8-3-2-4-9-15/h2-6,8-9,11-12,16,19H,7,10,13-14H2,1H3. The average molecular weight is 330 g/mol. The molecular weight excluding hydrogens is 308 g/mol. The molecule has 2 aromatic rings. The lowest BCUT2D eigenvalue weighted by Crippen LogP contribution is -2.46. The summed E-state index contributed by atoms with van der Waals surface area (Å²) in [5.74, 6) is 0. The fourth-order valence-electron chi connectivity index (χ4n) is 3.08. The Morgan fingerprint density at radius 2 is 1.74 bits per heavy atom. The van der Waals surface area contributed by atoms with Crippen molar-refractivity contribution < 1.29 is 8.42 Å². The van der Waals surface area contributed by atoms with Gasteiger partial charge in [0, 0.05) is 24.7 Å². The van der Waals surface area contributed by atoms with Crippen molar-refractivity contribution in [3.05, 3.63) is 54.6 Å². The molecule has 122 valence electrons. The quantitative estimate of drug-likeness (QED) is 0.938. The summed E-state index contributed by atoms with van der Waals surface area (Å²) in [7, 11) is -1.60. The molecule has 1 unspecified atom stereocenters. The predicted molar refractivity (Wildman–Crippen MR) is 92.7 cm³/mol. The number of nitrogens with zero attached hydrogens (tertiary/aromatic N) is 1. The second kappa shape index (κ2) is 6.83. The Morgan fingerprint density at radius 3 is 2.48 bits per heavy atom. The van der Waals surface area contributed by atoms with Gasteiger partial charge >= 0.3 is 0 Å². The molecule has 4 nitrogen and oxygen atoms in total. The monoisotopic (exact) mass is 330 g/mol. The van der Waals surface area contributed by atoms with E-state index in [1.807, 2.05) is 49.5 Å². The van der Waals surface area contributed by atoms with Crippen LogP contribution in [0.2, 0.25) is 0 Å². The molecule has 0 spiro atoms. The fourth-order valence-corrected chi connectivity index (χ4v) is 4.82. The van der Waals surface area contributed by atoms with E-state index in [0.29, 0.717) is 18.0 Å². The number of hydrogen-bond donors (Lipinski definition) is 1. The van der Waals surface area contributed by atoms with Crippen LogP contribution >= 0.6 is 0 Å². The van der Waals surface area contributed by atoms with Crippen molar-refractivity contribution in [3.8, 4) is 11.1 Å². The summed E-state index contributed by atoms with van der Waals surface area (Å²) in [4.78, 5) is 0.392. The molecule has 1 N–H and O–H groups in total. The van der Waals surface area contributed by atoms with Crippen LogP contribution in [0.5, 0.6) is 0 Å². The van der Waals surface area contributed by atoms with Crippen LogP contribution in [-0.2, 0) is 10.0 Å². The van der Waals surface area contributed by atoms with Gasteiger partial charge in [0.25, 0.3) is 0 Å². The van der Waals surface area contributed by atoms with Gasteiger partial charge in [0.1, 0.15) is 0 Å². The van der Waals surface area contributed by atoms with Crippen LogP contribution in [0.4, 0.5) is 0 Å². The number of piperidine rings is 1. The Hall–Kier alpha value is -1.69. The van der Waals surface area contributed by atoms with Gasteiger partial charge in [-0.3, -0.25) is 0 Å². The third-order valence-corrected chi connectivity index (χ3v) is 6.31. The lowest BCUT2D eigenvalue weighted by atomic mass is 10.1. The highest BCUT2D eigenvalue weighted by Crippen LogP contribution is 2.30. The van der Waals surface area contributed by atoms with E-state index >= 15 is 0 Å². The average Bonchev–Trinajstić information content (AvgIpc) is 2.62. The van der Waals surface area contributed by atoms with Crippen LogP contribution in [0.1, 0.15) is 12.8 Å². The number of benzene rings is 2. The molecule has 1 atom stereocenters. The van der Waals surface area contributed by atoms with Crippen LogP contribution in [0.15, 0.2) is 59.5 Å². The summed E-state index contributed by atoms with van der Waals surface area (Å²) in [6, 6.07) is 17.2. The van der Waals surface area contributed by atoms with Crippen molar-refractivity contribution >= 4 is 10.0 Å². The van der Waals surface area contributed by atoms with E-state index in [1.54, 1.807) is 16.4 Å². The van der Waals surface area contributed by atoms with E-state index < -0.39 is 10.0 Å². The van der Waals surface area contributed by atoms with Crippen LogP contribution in [0.3, 0.4) is 0 Å². The fraction of sp³-hybridized carbons (Fsp3) is 0.333. The molecule has 3 rings (SSSR count). The van der Waals surface area contributed by atoms with Crippen molar-refractivity contribution in [2.45, 2.75) is 23.8 Å². The van der Waals surface area contributed by atoms with Crippen LogP contribution in [0, 0.1) is 0 Å². The van der Waals surface area contributed by atoms with Crippen molar-refractivity contribution in [2.75, 3.05) is 20.1 Å². The van der Waals surface area contributed by atoms with E-state index in [0.717, 1.165) is 24.0 Å². The summed E-state index contributed by atoms with van der Waals surface area (Å²) in [6.07, 6.45) is 1.90. The Morgan fingerprint density at radius 1 is 1.04 bits per heavy atom. The zero-order valence-corrected chi connectivity index (χ0v) is 14.1. The number of rotatable bonds is 4. The molecule has 1 fully saturated rings. The number of likely N-dealkylation sites (N-methyl/N-ethyl adjacent to an activating group) is 1. The molecule has 23 heavy (non-hydrogen) atoms. The molecular formula is C18H22N2O2S. The normalized spacial score (nSPS) is 19.6. The number of hydrogen-bond acceptors (Lipinski definition) is 3. The molecule has 0 amide bonds. The minimum absolute atomic E-state index is 0.224. The zero-order valence-electron chi connectivity index (χ0n) is 13.3. The van der Waals surface area contributed by atoms with E-state index in [4.69, 9.17) is 0 Å². The molecule has 0 radical (unpaired) electrons. The Balaban J connectivity index is 2.01. The first-order valence-electron chi connectivity index (χ1n) is 7.95. The molecule has 1 saturated heterocycles. The summed E-state index contributed by atoms with van der Waals surface area (Å²) < 4.78 is 27.9. The third kappa shape index (κ3) is 3.32. The van der Waals surface area contributed by atoms with E-state index in [-0.39, 0.29) is 6.04 Å². The van der Waals surface area contributed by atoms with Crippen molar-refractivity contribution in [2.24, 2.45) is 0 Å². The van der Waals surface area contributed by atoms with Crippen molar-refractivity contribution in [1.82, 2.24) is 9.62 Å². The molecule has 5 heteroatoms. The minimum atomic E-state index is -3.49. The maximum Gasteiger partial charge on any atom is 0.243 e. The number of nitrogens with one attached hydrogen (secondary N) is 1. The van der Waals surface area contributed by atoms with Gasteiger partial charge in [0.15, 0.2) is 0 Å². The maximum atomic E-state index is 13.1. The number of sulfonamides is 1. The summed E-state index contributed by atoms with van der Waals surface area (Å²) in [6.45, 7) is 1.12. The summed E-state index contributed by atoms with van der Waals surface area (Å²) >= 11 is 0. The van der Waals surface area contributed by atoms with E-state index in [1.165, 1.54) is 0 Å². The molecule has 0 aromatic heterocycles. The second-order valence-corrected chi connectivity index (χ2v) is 7.76. The lowest BCUT2D eigenvalue weighted by molar-refractivity contribution is 0.293. The van der Waals surface area contributed by atoms with Gasteiger partial charge in [-0.15, -0.1) is 0 Å². The molecule has 1 aliphatic rings. The maximum absolute atomic E-state index is 13.1. The lowest BCUT2D eigenvalue weighted by Gasteiger charge is -2.32. The Kier molecular flexibility index (Phi) is 4.80. The highest BCUT2D eigenvalue weighted by atomic mass is 32.2. The highest BCUT2D eigenvalue weighted by Gasteiger charge is 2.31. The van der Waals surface area contributed by atoms with Gasteiger partial charge in [-0.1, -0.05) is 48.5 Å². The van der Waals surface area contributed by atoms with Gasteiger partial charge < -0.3 is 5.32 Å². The molecule has 0 aliphatic carbocycles. The van der Waals surface area contributed by atoms with Gasteiger partial charge in [-0.2, -0.15) is 4.31 Å². The summed E-state index contributed by atoms with van der Waals surface area (Å²) in [5, 5.41) is 3.20. The van der Waals surface area contributed by atoms with Crippen LogP contribution in [0.25, 0.3) is 11.1 Å². The minimum Gasteiger partial charge on any atom is -0.316 e. The zero-order chi connectivity index (χ0) is 16.3. The smallest absolute Gasteiger partial charge is 0.243 e. The van der Waals surface area contributed by atoms with Gasteiger partial charge in [0.2, 0.25) is 10.0 Å². The third-order valence-electron chi connectivity index (χ3n) is 4.38. The second-order valence-electron chi connectivity index (χ2n) is 5.85. The molecule has 1 aliphatic heterocycles. The van der Waals surface area contributed by atoms with Crippen molar-refractivity contribution in [3.63, 3.8) is 0 Å². The SMILES string of the molecule is CNC1CCCN(S(=O)(=O)c2ccccc2-c2ccccc2)C1. The van der Waals surface area contributed by atoms with Crippen LogP contribution < -0.4 is 5.32 Å². The highest BCUT2D eigenvalue weighted by molar-refractivity contribution is 7.89. The molecule has 0 bridgehead atoms. The summed E-state index contributed by atoms with van der Waals surface area (Å²) in [5.41, 5.74) is 1.69. The van der Waals surface area contributed by atoms with Gasteiger partial charge in [0.05, 0.1) is 4.90 Å². The molecule has 0 saturated carbocycles. The Bertz CT molecular complexity index is 760. The first-order chi connectivity index (χ1) is 11.1. The van der Waals surface area contributed by atoms with Gasteiger partial charge in [-0.05, 0) is 31.5 Å².